The molecule has 180 valence electrons. The number of nitrogens with one attached hydrogen (secondary N) is 1. The first-order valence-corrected chi connectivity index (χ1v) is 11.8. The van der Waals surface area contributed by atoms with Gasteiger partial charge in [0.25, 0.3) is 5.91 Å². The molecule has 0 bridgehead atoms. The first-order chi connectivity index (χ1) is 16.4. The lowest BCUT2D eigenvalue weighted by Gasteiger charge is -2.21. The minimum Gasteiger partial charge on any atom is -0.490 e. The van der Waals surface area contributed by atoms with Gasteiger partial charge in [0, 0.05) is 25.1 Å². The Hall–Kier alpha value is -3.36. The average Bonchev–Trinajstić information content (AvgIpc) is 3.17. The molecule has 1 aromatic heterocycles. The number of nitrogens with zero attached hydrogens (tertiary/aromatic N) is 2. The van der Waals surface area contributed by atoms with Gasteiger partial charge < -0.3 is 24.4 Å². The molecule has 9 heteroatoms. The quantitative estimate of drug-likeness (QED) is 0.650. The molecule has 8 nitrogen and oxygen atoms in total. The van der Waals surface area contributed by atoms with Gasteiger partial charge in [-0.05, 0) is 37.0 Å². The van der Waals surface area contributed by atoms with Crippen molar-refractivity contribution in [2.45, 2.75) is 58.1 Å². The van der Waals surface area contributed by atoms with Crippen molar-refractivity contribution in [1.82, 2.24) is 9.88 Å². The first-order valence-electron chi connectivity index (χ1n) is 11.8. The van der Waals surface area contributed by atoms with Crippen LogP contribution >= 0.6 is 0 Å². The summed E-state index contributed by atoms with van der Waals surface area (Å²) >= 11 is 0. The lowest BCUT2D eigenvalue weighted by atomic mass is 10.1. The highest BCUT2D eigenvalue weighted by Crippen LogP contribution is 2.39. The molecule has 5 rings (SSSR count). The molecule has 0 saturated carbocycles. The number of aromatic nitrogens is 1. The van der Waals surface area contributed by atoms with Crippen LogP contribution in [0.3, 0.4) is 0 Å². The number of anilines is 1. The number of fused-ring (bicyclic) bond motifs is 3. The summed E-state index contributed by atoms with van der Waals surface area (Å²) in [5.41, 5.74) is 2.20. The summed E-state index contributed by atoms with van der Waals surface area (Å²) in [7, 11) is 0. The Bertz CT molecular complexity index is 1140. The number of benzene rings is 1. The van der Waals surface area contributed by atoms with E-state index in [9.17, 15) is 14.0 Å². The molecule has 1 aromatic carbocycles. The van der Waals surface area contributed by atoms with E-state index in [0.29, 0.717) is 55.3 Å². The number of amides is 2. The Morgan fingerprint density at radius 1 is 1.29 bits per heavy atom. The molecule has 0 spiro atoms. The molecule has 2 aromatic rings. The largest absolute Gasteiger partial charge is 0.490 e. The second-order valence-electron chi connectivity index (χ2n) is 9.04. The Morgan fingerprint density at radius 3 is 2.97 bits per heavy atom. The highest BCUT2D eigenvalue weighted by molar-refractivity contribution is 6.00. The van der Waals surface area contributed by atoms with E-state index in [0.717, 1.165) is 18.4 Å². The number of unbranched alkanes of at least 4 members (excludes halogenated alkanes) is 1. The maximum Gasteiger partial charge on any atom is 0.262 e. The SMILES string of the molecule is CCCCOc1c(F)c(C)cc2c1C(=O)N1C[C@@H](Oc3cc4c(cn3)CCC(=O)N4)C[C@@H]1CO2. The summed E-state index contributed by atoms with van der Waals surface area (Å²) in [6, 6.07) is 3.08. The summed E-state index contributed by atoms with van der Waals surface area (Å²) < 4.78 is 32.8. The van der Waals surface area contributed by atoms with Gasteiger partial charge in [-0.1, -0.05) is 13.3 Å². The Labute approximate surface area is 197 Å². The number of rotatable bonds is 6. The smallest absolute Gasteiger partial charge is 0.262 e. The zero-order valence-corrected chi connectivity index (χ0v) is 19.4. The number of carbonyl (C=O) groups excluding carboxylic acids is 2. The summed E-state index contributed by atoms with van der Waals surface area (Å²) in [5.74, 6) is -0.167. The summed E-state index contributed by atoms with van der Waals surface area (Å²) in [6.07, 6.45) is 4.72. The highest BCUT2D eigenvalue weighted by atomic mass is 19.1. The fourth-order valence-corrected chi connectivity index (χ4v) is 4.67. The molecule has 0 aliphatic carbocycles. The van der Waals surface area contributed by atoms with Crippen molar-refractivity contribution in [1.29, 1.82) is 0 Å². The van der Waals surface area contributed by atoms with E-state index in [4.69, 9.17) is 14.2 Å². The molecule has 2 amide bonds. The van der Waals surface area contributed by atoms with Gasteiger partial charge in [-0.2, -0.15) is 0 Å². The predicted molar refractivity (Wildman–Crippen MR) is 122 cm³/mol. The number of carbonyl (C=O) groups is 2. The molecule has 1 N–H and O–H groups in total. The topological polar surface area (TPSA) is 90.0 Å². The number of aryl methyl sites for hydroxylation is 2. The van der Waals surface area contributed by atoms with Crippen molar-refractivity contribution >= 4 is 17.5 Å². The van der Waals surface area contributed by atoms with E-state index in [1.807, 2.05) is 6.92 Å². The van der Waals surface area contributed by atoms with Gasteiger partial charge in [-0.3, -0.25) is 9.59 Å². The third kappa shape index (κ3) is 4.15. The number of hydrogen-bond acceptors (Lipinski definition) is 6. The van der Waals surface area contributed by atoms with Crippen molar-refractivity contribution < 1.29 is 28.2 Å². The Morgan fingerprint density at radius 2 is 2.15 bits per heavy atom. The summed E-state index contributed by atoms with van der Waals surface area (Å²) in [4.78, 5) is 31.3. The molecular weight excluding hydrogens is 441 g/mol. The minimum atomic E-state index is -0.530. The minimum absolute atomic E-state index is 0.0280. The lowest BCUT2D eigenvalue weighted by molar-refractivity contribution is -0.116. The number of halogens is 1. The maximum atomic E-state index is 15.0. The number of hydrogen-bond donors (Lipinski definition) is 1. The third-order valence-corrected chi connectivity index (χ3v) is 6.54. The molecule has 3 aliphatic rings. The van der Waals surface area contributed by atoms with Crippen LogP contribution in [0.1, 0.15) is 54.1 Å². The molecular formula is C25H28FN3O5. The maximum absolute atomic E-state index is 15.0. The van der Waals surface area contributed by atoms with E-state index in [1.54, 1.807) is 30.2 Å². The van der Waals surface area contributed by atoms with Crippen LogP contribution in [0.15, 0.2) is 18.3 Å². The van der Waals surface area contributed by atoms with Crippen LogP contribution in [-0.2, 0) is 11.2 Å². The second-order valence-corrected chi connectivity index (χ2v) is 9.04. The molecule has 1 saturated heterocycles. The third-order valence-electron chi connectivity index (χ3n) is 6.54. The van der Waals surface area contributed by atoms with Gasteiger partial charge in [0.15, 0.2) is 11.6 Å². The number of ether oxygens (including phenoxy) is 3. The molecule has 3 aliphatic heterocycles. The normalized spacial score (nSPS) is 21.1. The molecule has 34 heavy (non-hydrogen) atoms. The molecule has 4 heterocycles. The predicted octanol–water partition coefficient (Wildman–Crippen LogP) is 3.65. The van der Waals surface area contributed by atoms with Gasteiger partial charge in [0.2, 0.25) is 11.8 Å². The second kappa shape index (κ2) is 9.12. The van der Waals surface area contributed by atoms with Crippen LogP contribution in [0.25, 0.3) is 0 Å². The van der Waals surface area contributed by atoms with E-state index in [2.05, 4.69) is 10.3 Å². The standard InChI is InChI=1S/C25H28FN3O5/c1-3-4-7-32-24-22-19(8-14(2)23(24)26)33-13-16-9-17(12-29(16)25(22)31)34-21-10-18-15(11-27-21)5-6-20(30)28-18/h8,10-11,16-17H,3-7,9,12-13H2,1-2H3,(H,28,30)/t16-,17+/m1/s1. The summed E-state index contributed by atoms with van der Waals surface area (Å²) in [6.45, 7) is 4.59. The monoisotopic (exact) mass is 469 g/mol. The van der Waals surface area contributed by atoms with Crippen LogP contribution < -0.4 is 19.5 Å². The van der Waals surface area contributed by atoms with E-state index < -0.39 is 5.82 Å². The van der Waals surface area contributed by atoms with Gasteiger partial charge in [-0.25, -0.2) is 9.37 Å². The van der Waals surface area contributed by atoms with Crippen molar-refractivity contribution in [3.05, 3.63) is 40.8 Å². The number of pyridine rings is 1. The highest BCUT2D eigenvalue weighted by Gasteiger charge is 2.42. The molecule has 2 atom stereocenters. The van der Waals surface area contributed by atoms with Gasteiger partial charge in [0.05, 0.1) is 24.9 Å². The van der Waals surface area contributed by atoms with Crippen LogP contribution in [0.5, 0.6) is 17.4 Å². The molecule has 0 radical (unpaired) electrons. The molecule has 0 unspecified atom stereocenters. The summed E-state index contributed by atoms with van der Waals surface area (Å²) in [5, 5.41) is 2.85. The average molecular weight is 470 g/mol. The molecule has 1 fully saturated rings. The Kier molecular flexibility index (Phi) is 6.02. The van der Waals surface area contributed by atoms with Crippen LogP contribution in [0.2, 0.25) is 0 Å². The zero-order chi connectivity index (χ0) is 23.8. The van der Waals surface area contributed by atoms with E-state index >= 15 is 0 Å². The van der Waals surface area contributed by atoms with Crippen LogP contribution in [-0.4, -0.2) is 53.6 Å². The Balaban J connectivity index is 1.36. The van der Waals surface area contributed by atoms with Gasteiger partial charge >= 0.3 is 0 Å². The lowest BCUT2D eigenvalue weighted by Crippen LogP contribution is -2.37. The van der Waals surface area contributed by atoms with Crippen LogP contribution in [0.4, 0.5) is 10.1 Å². The fraction of sp³-hybridized carbons (Fsp3) is 0.480. The van der Waals surface area contributed by atoms with E-state index in [-0.39, 0.29) is 41.9 Å². The van der Waals surface area contributed by atoms with Crippen molar-refractivity contribution in [3.8, 4) is 17.4 Å². The first kappa shape index (κ1) is 22.4. The van der Waals surface area contributed by atoms with Crippen molar-refractivity contribution in [2.24, 2.45) is 0 Å². The van der Waals surface area contributed by atoms with Gasteiger partial charge in [-0.15, -0.1) is 0 Å². The fourth-order valence-electron chi connectivity index (χ4n) is 4.67. The van der Waals surface area contributed by atoms with Crippen molar-refractivity contribution in [3.63, 3.8) is 0 Å². The van der Waals surface area contributed by atoms with E-state index in [1.165, 1.54) is 0 Å². The van der Waals surface area contributed by atoms with Gasteiger partial charge in [0.1, 0.15) is 24.0 Å². The van der Waals surface area contributed by atoms with Crippen LogP contribution in [0, 0.1) is 12.7 Å². The zero-order valence-electron chi connectivity index (χ0n) is 19.4. The van der Waals surface area contributed by atoms with Crippen molar-refractivity contribution in [2.75, 3.05) is 25.1 Å².